The second-order valence-corrected chi connectivity index (χ2v) is 3.87. The maximum atomic E-state index is 11.9. The van der Waals surface area contributed by atoms with E-state index in [1.165, 1.54) is 0 Å². The summed E-state index contributed by atoms with van der Waals surface area (Å²) in [6.07, 6.45) is -4.25. The molecule has 1 atom stereocenters. The van der Waals surface area contributed by atoms with Crippen molar-refractivity contribution in [1.82, 2.24) is 15.8 Å². The normalized spacial score (nSPS) is 23.1. The number of alkyl halides is 3. The van der Waals surface area contributed by atoms with Gasteiger partial charge in [0.05, 0.1) is 0 Å². The van der Waals surface area contributed by atoms with Gasteiger partial charge in [-0.1, -0.05) is 0 Å². The van der Waals surface area contributed by atoms with Crippen molar-refractivity contribution < 1.29 is 18.0 Å². The predicted molar refractivity (Wildman–Crippen MR) is 52.5 cm³/mol. The summed E-state index contributed by atoms with van der Waals surface area (Å²) in [4.78, 5) is 11.1. The van der Waals surface area contributed by atoms with Crippen LogP contribution in [0.3, 0.4) is 0 Å². The van der Waals surface area contributed by atoms with Crippen molar-refractivity contribution in [2.75, 3.05) is 20.1 Å². The molecule has 0 spiro atoms. The zero-order valence-corrected chi connectivity index (χ0v) is 9.10. The third kappa shape index (κ3) is 4.80. The Kier molecular flexibility index (Phi) is 4.55. The summed E-state index contributed by atoms with van der Waals surface area (Å²) in [5.41, 5.74) is 2.92. The largest absolute Gasteiger partial charge is 0.397 e. The van der Waals surface area contributed by atoms with Gasteiger partial charge in [0, 0.05) is 19.1 Å². The van der Waals surface area contributed by atoms with Gasteiger partial charge in [0.1, 0.15) is 6.42 Å². The standard InChI is InChI=1S/C9H16F3N3O/c1-13-15-4-2-3-7(6-15)14-8(16)5-9(10,11)12/h7,13H,2-6H2,1H3,(H,14,16)/t7-/m1/s1. The van der Waals surface area contributed by atoms with Crippen molar-refractivity contribution in [3.63, 3.8) is 0 Å². The fraction of sp³-hybridized carbons (Fsp3) is 0.889. The van der Waals surface area contributed by atoms with Crippen LogP contribution in [0.25, 0.3) is 0 Å². The van der Waals surface area contributed by atoms with Gasteiger partial charge >= 0.3 is 6.18 Å². The molecule has 0 radical (unpaired) electrons. The molecule has 1 rings (SSSR count). The Hall–Kier alpha value is -0.820. The number of carbonyl (C=O) groups is 1. The average Bonchev–Trinajstić information content (AvgIpc) is 2.15. The molecule has 2 N–H and O–H groups in total. The van der Waals surface area contributed by atoms with Crippen LogP contribution in [0.4, 0.5) is 13.2 Å². The monoisotopic (exact) mass is 239 g/mol. The third-order valence-corrected chi connectivity index (χ3v) is 2.46. The van der Waals surface area contributed by atoms with Crippen LogP contribution in [0.1, 0.15) is 19.3 Å². The van der Waals surface area contributed by atoms with Crippen molar-refractivity contribution in [3.8, 4) is 0 Å². The molecule has 7 heteroatoms. The Morgan fingerprint density at radius 3 is 2.75 bits per heavy atom. The number of amides is 1. The van der Waals surface area contributed by atoms with E-state index >= 15 is 0 Å². The lowest BCUT2D eigenvalue weighted by atomic mass is 10.1. The van der Waals surface area contributed by atoms with Gasteiger partial charge in [-0.15, -0.1) is 0 Å². The van der Waals surface area contributed by atoms with E-state index in [1.54, 1.807) is 7.05 Å². The topological polar surface area (TPSA) is 44.4 Å². The zero-order chi connectivity index (χ0) is 12.2. The summed E-state index contributed by atoms with van der Waals surface area (Å²) in [6, 6.07) is -0.198. The molecule has 1 aliphatic heterocycles. The number of nitrogens with one attached hydrogen (secondary N) is 2. The molecule has 1 fully saturated rings. The van der Waals surface area contributed by atoms with Crippen LogP contribution in [0.15, 0.2) is 0 Å². The van der Waals surface area contributed by atoms with Gasteiger partial charge in [-0.2, -0.15) is 13.2 Å². The number of rotatable bonds is 3. The van der Waals surface area contributed by atoms with Gasteiger partial charge in [0.15, 0.2) is 0 Å². The highest BCUT2D eigenvalue weighted by molar-refractivity contribution is 5.76. The lowest BCUT2D eigenvalue weighted by molar-refractivity contribution is -0.154. The first-order chi connectivity index (χ1) is 7.40. The molecule has 16 heavy (non-hydrogen) atoms. The lowest BCUT2D eigenvalue weighted by Gasteiger charge is -2.32. The van der Waals surface area contributed by atoms with Gasteiger partial charge in [-0.3, -0.25) is 10.2 Å². The third-order valence-electron chi connectivity index (χ3n) is 2.46. The first-order valence-corrected chi connectivity index (χ1v) is 5.19. The first-order valence-electron chi connectivity index (χ1n) is 5.19. The average molecular weight is 239 g/mol. The smallest absolute Gasteiger partial charge is 0.352 e. The SMILES string of the molecule is CNN1CCC[C@@H](NC(=O)CC(F)(F)F)C1. The molecule has 0 saturated carbocycles. The second-order valence-electron chi connectivity index (χ2n) is 3.87. The Bertz CT molecular complexity index is 245. The van der Waals surface area contributed by atoms with Gasteiger partial charge in [0.2, 0.25) is 5.91 Å². The van der Waals surface area contributed by atoms with E-state index in [4.69, 9.17) is 0 Å². The first kappa shape index (κ1) is 13.2. The van der Waals surface area contributed by atoms with Crippen molar-refractivity contribution in [3.05, 3.63) is 0 Å². The molecule has 1 aliphatic rings. The van der Waals surface area contributed by atoms with Crippen LogP contribution in [-0.4, -0.2) is 43.3 Å². The number of hydrogen-bond acceptors (Lipinski definition) is 3. The van der Waals surface area contributed by atoms with Crippen molar-refractivity contribution in [2.45, 2.75) is 31.5 Å². The summed E-state index contributed by atoms with van der Waals surface area (Å²) in [7, 11) is 1.75. The van der Waals surface area contributed by atoms with E-state index in [2.05, 4.69) is 10.7 Å². The van der Waals surface area contributed by atoms with Gasteiger partial charge in [-0.05, 0) is 19.9 Å². The molecule has 1 amide bonds. The summed E-state index contributed by atoms with van der Waals surface area (Å²) in [6.45, 7) is 1.39. The number of halogens is 3. The number of hydrogen-bond donors (Lipinski definition) is 2. The summed E-state index contributed by atoms with van der Waals surface area (Å²) < 4.78 is 35.8. The summed E-state index contributed by atoms with van der Waals surface area (Å²) >= 11 is 0. The number of carbonyl (C=O) groups excluding carboxylic acids is 1. The Labute approximate surface area is 92.1 Å². The van der Waals surface area contributed by atoms with Crippen molar-refractivity contribution in [1.29, 1.82) is 0 Å². The summed E-state index contributed by atoms with van der Waals surface area (Å²) in [5, 5.41) is 4.28. The molecule has 1 saturated heterocycles. The fourth-order valence-electron chi connectivity index (χ4n) is 1.76. The molecule has 0 aromatic heterocycles. The minimum Gasteiger partial charge on any atom is -0.352 e. The van der Waals surface area contributed by atoms with Gasteiger partial charge < -0.3 is 5.32 Å². The highest BCUT2D eigenvalue weighted by atomic mass is 19.4. The van der Waals surface area contributed by atoms with Gasteiger partial charge in [0.25, 0.3) is 0 Å². The van der Waals surface area contributed by atoms with E-state index in [9.17, 15) is 18.0 Å². The van der Waals surface area contributed by atoms with Crippen LogP contribution in [0.5, 0.6) is 0 Å². The fourth-order valence-corrected chi connectivity index (χ4v) is 1.76. The Balaban J connectivity index is 2.33. The highest BCUT2D eigenvalue weighted by Crippen LogP contribution is 2.19. The van der Waals surface area contributed by atoms with Crippen LogP contribution in [0.2, 0.25) is 0 Å². The van der Waals surface area contributed by atoms with E-state index in [-0.39, 0.29) is 6.04 Å². The van der Waals surface area contributed by atoms with E-state index in [1.807, 2.05) is 5.01 Å². The van der Waals surface area contributed by atoms with Crippen LogP contribution in [0, 0.1) is 0 Å². The molecular weight excluding hydrogens is 223 g/mol. The van der Waals surface area contributed by atoms with Crippen LogP contribution in [-0.2, 0) is 4.79 Å². The number of hydrazine groups is 1. The second kappa shape index (κ2) is 5.49. The molecule has 0 aliphatic carbocycles. The predicted octanol–water partition coefficient (Wildman–Crippen LogP) is 0.654. The summed E-state index contributed by atoms with van der Waals surface area (Å²) in [5.74, 6) is -0.949. The number of piperidine rings is 1. The maximum Gasteiger partial charge on any atom is 0.397 e. The van der Waals surface area contributed by atoms with Crippen LogP contribution < -0.4 is 10.7 Å². The molecular formula is C9H16F3N3O. The molecule has 0 bridgehead atoms. The maximum absolute atomic E-state index is 11.9. The number of nitrogens with zero attached hydrogens (tertiary/aromatic N) is 1. The molecule has 0 unspecified atom stereocenters. The van der Waals surface area contributed by atoms with Crippen LogP contribution >= 0.6 is 0 Å². The molecule has 94 valence electrons. The van der Waals surface area contributed by atoms with Gasteiger partial charge in [-0.25, -0.2) is 5.01 Å². The van der Waals surface area contributed by atoms with E-state index < -0.39 is 18.5 Å². The van der Waals surface area contributed by atoms with Crippen molar-refractivity contribution in [2.24, 2.45) is 0 Å². The lowest BCUT2D eigenvalue weighted by Crippen LogP contribution is -2.51. The highest BCUT2D eigenvalue weighted by Gasteiger charge is 2.32. The Morgan fingerprint density at radius 2 is 2.19 bits per heavy atom. The Morgan fingerprint density at radius 1 is 1.50 bits per heavy atom. The zero-order valence-electron chi connectivity index (χ0n) is 9.10. The molecule has 4 nitrogen and oxygen atoms in total. The van der Waals surface area contributed by atoms with E-state index in [0.717, 1.165) is 19.4 Å². The van der Waals surface area contributed by atoms with Crippen molar-refractivity contribution >= 4 is 5.91 Å². The molecule has 1 heterocycles. The minimum atomic E-state index is -4.43. The quantitative estimate of drug-likeness (QED) is 0.760. The molecule has 0 aromatic rings. The molecule has 0 aromatic carbocycles. The van der Waals surface area contributed by atoms with E-state index in [0.29, 0.717) is 6.54 Å². The minimum absolute atomic E-state index is 0.198.